The van der Waals surface area contributed by atoms with Crippen LogP contribution in [0.3, 0.4) is 0 Å². The SMILES string of the molecule is COc1ccc(C(=O)N(CC(=O)N(Cc2ccccc2)Cc2ccco2)C(C)C)cc1. The number of furan rings is 1. The monoisotopic (exact) mass is 420 g/mol. The average molecular weight is 421 g/mol. The van der Waals surface area contributed by atoms with Crippen LogP contribution in [0.15, 0.2) is 77.4 Å². The van der Waals surface area contributed by atoms with Gasteiger partial charge in [0.05, 0.1) is 19.9 Å². The van der Waals surface area contributed by atoms with E-state index in [1.165, 1.54) is 0 Å². The Morgan fingerprint density at radius 1 is 0.935 bits per heavy atom. The van der Waals surface area contributed by atoms with Gasteiger partial charge < -0.3 is 19.0 Å². The van der Waals surface area contributed by atoms with Gasteiger partial charge >= 0.3 is 0 Å². The number of ether oxygens (including phenoxy) is 1. The van der Waals surface area contributed by atoms with E-state index in [4.69, 9.17) is 9.15 Å². The van der Waals surface area contributed by atoms with Gasteiger partial charge in [0.2, 0.25) is 5.91 Å². The Morgan fingerprint density at radius 3 is 2.23 bits per heavy atom. The minimum absolute atomic E-state index is 0.0178. The van der Waals surface area contributed by atoms with Crippen molar-refractivity contribution >= 4 is 11.8 Å². The summed E-state index contributed by atoms with van der Waals surface area (Å²) in [5, 5.41) is 0. The van der Waals surface area contributed by atoms with Gasteiger partial charge in [0, 0.05) is 18.2 Å². The zero-order valence-electron chi connectivity index (χ0n) is 18.2. The molecule has 0 atom stereocenters. The molecular formula is C25H28N2O4. The topological polar surface area (TPSA) is 63.0 Å². The van der Waals surface area contributed by atoms with Crippen LogP contribution < -0.4 is 4.74 Å². The van der Waals surface area contributed by atoms with E-state index in [2.05, 4.69) is 0 Å². The van der Waals surface area contributed by atoms with Crippen molar-refractivity contribution in [2.45, 2.75) is 33.0 Å². The normalized spacial score (nSPS) is 10.7. The fourth-order valence-electron chi connectivity index (χ4n) is 3.26. The largest absolute Gasteiger partial charge is 0.497 e. The van der Waals surface area contributed by atoms with Crippen LogP contribution in [0.1, 0.15) is 35.5 Å². The average Bonchev–Trinajstić information content (AvgIpc) is 3.30. The van der Waals surface area contributed by atoms with Gasteiger partial charge in [-0.15, -0.1) is 0 Å². The van der Waals surface area contributed by atoms with Gasteiger partial charge in [-0.1, -0.05) is 30.3 Å². The molecule has 2 amide bonds. The number of rotatable bonds is 9. The molecule has 0 bridgehead atoms. The van der Waals surface area contributed by atoms with Crippen LogP contribution in [0.4, 0.5) is 0 Å². The van der Waals surface area contributed by atoms with Crippen molar-refractivity contribution in [3.63, 3.8) is 0 Å². The minimum atomic E-state index is -0.191. The Labute approximate surface area is 183 Å². The van der Waals surface area contributed by atoms with Gasteiger partial charge in [-0.05, 0) is 55.8 Å². The molecule has 0 saturated heterocycles. The summed E-state index contributed by atoms with van der Waals surface area (Å²) in [5.74, 6) is 1.04. The minimum Gasteiger partial charge on any atom is -0.497 e. The summed E-state index contributed by atoms with van der Waals surface area (Å²) < 4.78 is 10.6. The molecule has 3 rings (SSSR count). The third kappa shape index (κ3) is 5.98. The first-order chi connectivity index (χ1) is 15.0. The molecule has 0 aliphatic rings. The van der Waals surface area contributed by atoms with E-state index in [-0.39, 0.29) is 24.4 Å². The number of amides is 2. The Hall–Kier alpha value is -3.54. The van der Waals surface area contributed by atoms with Crippen molar-refractivity contribution in [1.29, 1.82) is 0 Å². The number of carbonyl (C=O) groups excluding carboxylic acids is 2. The van der Waals surface area contributed by atoms with Crippen molar-refractivity contribution < 1.29 is 18.7 Å². The zero-order valence-corrected chi connectivity index (χ0v) is 18.2. The Morgan fingerprint density at radius 2 is 1.65 bits per heavy atom. The lowest BCUT2D eigenvalue weighted by Crippen LogP contribution is -2.45. The molecule has 0 spiro atoms. The summed E-state index contributed by atoms with van der Waals surface area (Å²) in [6, 6.07) is 20.2. The molecule has 0 N–H and O–H groups in total. The molecular weight excluding hydrogens is 392 g/mol. The highest BCUT2D eigenvalue weighted by Crippen LogP contribution is 2.16. The van der Waals surface area contributed by atoms with E-state index in [9.17, 15) is 9.59 Å². The molecule has 0 fully saturated rings. The fraction of sp³-hybridized carbons (Fsp3) is 0.280. The first-order valence-electron chi connectivity index (χ1n) is 10.3. The predicted molar refractivity (Wildman–Crippen MR) is 119 cm³/mol. The molecule has 1 heterocycles. The number of carbonyl (C=O) groups is 2. The van der Waals surface area contributed by atoms with Crippen molar-refractivity contribution in [3.8, 4) is 5.75 Å². The molecule has 6 nitrogen and oxygen atoms in total. The zero-order chi connectivity index (χ0) is 22.2. The quantitative estimate of drug-likeness (QED) is 0.516. The van der Waals surface area contributed by atoms with Crippen molar-refractivity contribution in [2.75, 3.05) is 13.7 Å². The lowest BCUT2D eigenvalue weighted by molar-refractivity contribution is -0.133. The van der Waals surface area contributed by atoms with Crippen molar-refractivity contribution in [1.82, 2.24) is 9.80 Å². The first-order valence-corrected chi connectivity index (χ1v) is 10.3. The second-order valence-electron chi connectivity index (χ2n) is 7.57. The van der Waals surface area contributed by atoms with E-state index in [1.807, 2.05) is 50.2 Å². The fourth-order valence-corrected chi connectivity index (χ4v) is 3.26. The lowest BCUT2D eigenvalue weighted by Gasteiger charge is -2.30. The Balaban J connectivity index is 1.78. The van der Waals surface area contributed by atoms with Gasteiger partial charge in [-0.3, -0.25) is 9.59 Å². The van der Waals surface area contributed by atoms with E-state index < -0.39 is 0 Å². The molecule has 6 heteroatoms. The van der Waals surface area contributed by atoms with Crippen molar-refractivity contribution in [3.05, 3.63) is 89.9 Å². The highest BCUT2D eigenvalue weighted by molar-refractivity contribution is 5.96. The van der Waals surface area contributed by atoms with Crippen LogP contribution in [0.25, 0.3) is 0 Å². The van der Waals surface area contributed by atoms with Crippen LogP contribution in [0.5, 0.6) is 5.75 Å². The molecule has 0 unspecified atom stereocenters. The molecule has 0 aliphatic heterocycles. The molecule has 1 aromatic heterocycles. The van der Waals surface area contributed by atoms with Crippen LogP contribution in [-0.4, -0.2) is 41.3 Å². The van der Waals surface area contributed by atoms with Gasteiger partial charge in [0.1, 0.15) is 18.1 Å². The van der Waals surface area contributed by atoms with Gasteiger partial charge in [0.25, 0.3) is 5.91 Å². The number of benzene rings is 2. The smallest absolute Gasteiger partial charge is 0.254 e. The maximum Gasteiger partial charge on any atom is 0.254 e. The number of hydrogen-bond donors (Lipinski definition) is 0. The summed E-state index contributed by atoms with van der Waals surface area (Å²) in [7, 11) is 1.58. The maximum absolute atomic E-state index is 13.3. The number of nitrogens with zero attached hydrogens (tertiary/aromatic N) is 2. The van der Waals surface area contributed by atoms with Gasteiger partial charge in [-0.2, -0.15) is 0 Å². The van der Waals surface area contributed by atoms with Gasteiger partial charge in [-0.25, -0.2) is 0 Å². The summed E-state index contributed by atoms with van der Waals surface area (Å²) >= 11 is 0. The van der Waals surface area contributed by atoms with Crippen LogP contribution in [0, 0.1) is 0 Å². The third-order valence-corrected chi connectivity index (χ3v) is 5.02. The standard InChI is InChI=1S/C25H28N2O4/c1-19(2)27(25(29)21-11-13-22(30-3)14-12-21)18-24(28)26(17-23-10-7-15-31-23)16-20-8-5-4-6-9-20/h4-15,19H,16-18H2,1-3H3. The Kier molecular flexibility index (Phi) is 7.49. The summed E-state index contributed by atoms with van der Waals surface area (Å²) in [5.41, 5.74) is 1.53. The van der Waals surface area contributed by atoms with Gasteiger partial charge in [0.15, 0.2) is 0 Å². The molecule has 0 radical (unpaired) electrons. The summed E-state index contributed by atoms with van der Waals surface area (Å²) in [4.78, 5) is 29.7. The van der Waals surface area contributed by atoms with Crippen molar-refractivity contribution in [2.24, 2.45) is 0 Å². The number of hydrogen-bond acceptors (Lipinski definition) is 4. The Bertz CT molecular complexity index is 967. The third-order valence-electron chi connectivity index (χ3n) is 5.02. The van der Waals surface area contributed by atoms with Crippen LogP contribution >= 0.6 is 0 Å². The predicted octanol–water partition coefficient (Wildman–Crippen LogP) is 4.37. The van der Waals surface area contributed by atoms with E-state index in [0.29, 0.717) is 30.2 Å². The molecule has 0 saturated carbocycles. The molecule has 3 aromatic rings. The van der Waals surface area contributed by atoms with E-state index >= 15 is 0 Å². The lowest BCUT2D eigenvalue weighted by atomic mass is 10.1. The molecule has 2 aromatic carbocycles. The highest BCUT2D eigenvalue weighted by atomic mass is 16.5. The molecule has 31 heavy (non-hydrogen) atoms. The summed E-state index contributed by atoms with van der Waals surface area (Å²) in [6.07, 6.45) is 1.59. The maximum atomic E-state index is 13.3. The number of methoxy groups -OCH3 is 1. The second-order valence-corrected chi connectivity index (χ2v) is 7.57. The van der Waals surface area contributed by atoms with E-state index in [0.717, 1.165) is 5.56 Å². The molecule has 162 valence electrons. The van der Waals surface area contributed by atoms with E-state index in [1.54, 1.807) is 53.5 Å². The molecule has 0 aliphatic carbocycles. The first kappa shape index (κ1) is 22.2. The van der Waals surface area contributed by atoms with Crippen LogP contribution in [-0.2, 0) is 17.9 Å². The second kappa shape index (κ2) is 10.5. The summed E-state index contributed by atoms with van der Waals surface area (Å²) in [6.45, 7) is 4.56. The highest BCUT2D eigenvalue weighted by Gasteiger charge is 2.25. The van der Waals surface area contributed by atoms with Crippen LogP contribution in [0.2, 0.25) is 0 Å².